The van der Waals surface area contributed by atoms with Crippen molar-refractivity contribution in [2.45, 2.75) is 99.3 Å². The van der Waals surface area contributed by atoms with E-state index in [1.54, 1.807) is 0 Å². The number of rotatable bonds is 8. The molecule has 0 amide bonds. The van der Waals surface area contributed by atoms with Gasteiger partial charge in [-0.3, -0.25) is 0 Å². The van der Waals surface area contributed by atoms with Gasteiger partial charge < -0.3 is 9.47 Å². The lowest BCUT2D eigenvalue weighted by atomic mass is 9.97. The third kappa shape index (κ3) is 4.77. The minimum absolute atomic E-state index is 0.0109. The van der Waals surface area contributed by atoms with E-state index < -0.39 is 45.2 Å². The monoisotopic (exact) mass is 440 g/mol. The van der Waals surface area contributed by atoms with Gasteiger partial charge in [0.15, 0.2) is 0 Å². The van der Waals surface area contributed by atoms with Crippen LogP contribution in [0, 0.1) is 0 Å². The van der Waals surface area contributed by atoms with E-state index in [4.69, 9.17) is 9.47 Å². The van der Waals surface area contributed by atoms with Gasteiger partial charge in [-0.25, -0.2) is 8.42 Å². The van der Waals surface area contributed by atoms with E-state index in [1.165, 1.54) is 0 Å². The van der Waals surface area contributed by atoms with E-state index in [0.29, 0.717) is 0 Å². The SMILES string of the molecule is CC(F)(F)C(F)(F)C(F)(F)S(=O)(=O)C1CCC(OCOC2CCCCC2)CC1. The Kier molecular flexibility index (Phi) is 7.35. The molecule has 0 radical (unpaired) electrons. The van der Waals surface area contributed by atoms with Crippen molar-refractivity contribution < 1.29 is 44.2 Å². The minimum atomic E-state index is -6.00. The van der Waals surface area contributed by atoms with Crippen LogP contribution in [0.3, 0.4) is 0 Å². The van der Waals surface area contributed by atoms with Crippen LogP contribution in [0.25, 0.3) is 0 Å². The van der Waals surface area contributed by atoms with Crippen LogP contribution in [0.2, 0.25) is 0 Å². The molecule has 166 valence electrons. The third-order valence-corrected chi connectivity index (χ3v) is 7.81. The second-order valence-corrected chi connectivity index (χ2v) is 9.90. The van der Waals surface area contributed by atoms with Crippen molar-refractivity contribution in [3.05, 3.63) is 0 Å². The van der Waals surface area contributed by atoms with Gasteiger partial charge in [-0.05, 0) is 38.5 Å². The van der Waals surface area contributed by atoms with Crippen LogP contribution in [0.5, 0.6) is 0 Å². The summed E-state index contributed by atoms with van der Waals surface area (Å²) in [7, 11) is -5.81. The standard InChI is InChI=1S/C17H26F6O4S/c1-15(18,19)16(20,21)17(22,23)28(24,25)14-9-7-13(8-10-14)27-11-26-12-5-3-2-4-6-12/h12-14H,2-11H2,1H3. The predicted molar refractivity (Wildman–Crippen MR) is 89.4 cm³/mol. The first-order chi connectivity index (χ1) is 12.8. The van der Waals surface area contributed by atoms with Gasteiger partial charge >= 0.3 is 17.1 Å². The fourth-order valence-electron chi connectivity index (χ4n) is 3.62. The lowest BCUT2D eigenvalue weighted by molar-refractivity contribution is -0.271. The van der Waals surface area contributed by atoms with Gasteiger partial charge in [0, 0.05) is 6.92 Å². The van der Waals surface area contributed by atoms with Crippen LogP contribution >= 0.6 is 0 Å². The van der Waals surface area contributed by atoms with Crippen LogP contribution in [-0.4, -0.2) is 49.8 Å². The van der Waals surface area contributed by atoms with E-state index in [0.717, 1.165) is 32.1 Å². The number of ether oxygens (including phenoxy) is 2. The number of hydrogen-bond acceptors (Lipinski definition) is 4. The Balaban J connectivity index is 1.88. The fourth-order valence-corrected chi connectivity index (χ4v) is 5.46. The molecule has 0 atom stereocenters. The zero-order valence-corrected chi connectivity index (χ0v) is 16.4. The van der Waals surface area contributed by atoms with Gasteiger partial charge in [0.05, 0.1) is 17.5 Å². The first-order valence-corrected chi connectivity index (χ1v) is 11.0. The van der Waals surface area contributed by atoms with E-state index in [1.807, 2.05) is 0 Å². The summed E-state index contributed by atoms with van der Waals surface area (Å²) in [5.74, 6) is -11.2. The smallest absolute Gasteiger partial charge is 0.352 e. The van der Waals surface area contributed by atoms with Gasteiger partial charge in [0.1, 0.15) is 6.79 Å². The first kappa shape index (κ1) is 23.7. The van der Waals surface area contributed by atoms with Crippen molar-refractivity contribution >= 4 is 9.84 Å². The molecule has 0 aromatic heterocycles. The first-order valence-electron chi connectivity index (χ1n) is 9.41. The average molecular weight is 440 g/mol. The zero-order chi connectivity index (χ0) is 21.2. The van der Waals surface area contributed by atoms with Crippen molar-refractivity contribution in [3.63, 3.8) is 0 Å². The van der Waals surface area contributed by atoms with E-state index in [9.17, 15) is 34.8 Å². The molecule has 0 saturated heterocycles. The number of halogens is 6. The molecule has 0 heterocycles. The summed E-state index contributed by atoms with van der Waals surface area (Å²) < 4.78 is 116. The second kappa shape index (κ2) is 8.67. The molecule has 2 aliphatic carbocycles. The zero-order valence-electron chi connectivity index (χ0n) is 15.6. The van der Waals surface area contributed by atoms with Gasteiger partial charge in [0.2, 0.25) is 9.84 Å². The molecule has 2 fully saturated rings. The minimum Gasteiger partial charge on any atom is -0.352 e. The van der Waals surface area contributed by atoms with Crippen molar-refractivity contribution in [2.75, 3.05) is 6.79 Å². The largest absolute Gasteiger partial charge is 0.413 e. The van der Waals surface area contributed by atoms with Crippen molar-refractivity contribution in [1.82, 2.24) is 0 Å². The van der Waals surface area contributed by atoms with E-state index in [2.05, 4.69) is 0 Å². The molecule has 0 N–H and O–H groups in total. The summed E-state index contributed by atoms with van der Waals surface area (Å²) in [6.07, 6.45) is 4.18. The maximum atomic E-state index is 13.9. The van der Waals surface area contributed by atoms with Gasteiger partial charge in [0.25, 0.3) is 0 Å². The number of alkyl halides is 6. The Labute approximate surface area is 160 Å². The highest BCUT2D eigenvalue weighted by Crippen LogP contribution is 2.50. The van der Waals surface area contributed by atoms with Crippen LogP contribution < -0.4 is 0 Å². The molecule has 0 spiro atoms. The predicted octanol–water partition coefficient (Wildman–Crippen LogP) is 4.92. The van der Waals surface area contributed by atoms with Crippen molar-refractivity contribution in [1.29, 1.82) is 0 Å². The summed E-state index contributed by atoms with van der Waals surface area (Å²) in [6.45, 7) is -0.434. The van der Waals surface area contributed by atoms with Crippen LogP contribution in [0.4, 0.5) is 26.3 Å². The lowest BCUT2D eigenvalue weighted by Gasteiger charge is -2.35. The molecule has 2 aliphatic rings. The Morgan fingerprint density at radius 3 is 1.71 bits per heavy atom. The number of sulfone groups is 1. The highest BCUT2D eigenvalue weighted by atomic mass is 32.2. The Bertz CT molecular complexity index is 606. The number of hydrogen-bond donors (Lipinski definition) is 0. The summed E-state index contributed by atoms with van der Waals surface area (Å²) >= 11 is 0. The summed E-state index contributed by atoms with van der Waals surface area (Å²) in [5.41, 5.74) is 0. The molecule has 2 rings (SSSR count). The second-order valence-electron chi connectivity index (χ2n) is 7.63. The molecule has 0 aromatic rings. The van der Waals surface area contributed by atoms with Crippen molar-refractivity contribution in [2.24, 2.45) is 0 Å². The topological polar surface area (TPSA) is 52.6 Å². The Hall–Kier alpha value is -0.550. The quantitative estimate of drug-likeness (QED) is 0.397. The Morgan fingerprint density at radius 1 is 0.786 bits per heavy atom. The van der Waals surface area contributed by atoms with Crippen LogP contribution in [-0.2, 0) is 19.3 Å². The molecule has 0 aliphatic heterocycles. The van der Waals surface area contributed by atoms with Crippen LogP contribution in [0.15, 0.2) is 0 Å². The Morgan fingerprint density at radius 2 is 1.25 bits per heavy atom. The summed E-state index contributed by atoms with van der Waals surface area (Å²) in [4.78, 5) is 0. The van der Waals surface area contributed by atoms with Gasteiger partial charge in [-0.2, -0.15) is 26.3 Å². The van der Waals surface area contributed by atoms with Crippen molar-refractivity contribution in [3.8, 4) is 0 Å². The normalized spacial score (nSPS) is 26.4. The van der Waals surface area contributed by atoms with Gasteiger partial charge in [-0.15, -0.1) is 0 Å². The maximum absolute atomic E-state index is 13.9. The highest BCUT2D eigenvalue weighted by Gasteiger charge is 2.76. The fraction of sp³-hybridized carbons (Fsp3) is 1.00. The molecule has 2 saturated carbocycles. The molecule has 4 nitrogen and oxygen atoms in total. The van der Waals surface area contributed by atoms with E-state index >= 15 is 0 Å². The summed E-state index contributed by atoms with van der Waals surface area (Å²) in [5, 5.41) is -7.68. The maximum Gasteiger partial charge on any atom is 0.413 e. The molecule has 28 heavy (non-hydrogen) atoms. The molecular weight excluding hydrogens is 414 g/mol. The van der Waals surface area contributed by atoms with E-state index in [-0.39, 0.29) is 38.6 Å². The molecule has 0 bridgehead atoms. The van der Waals surface area contributed by atoms with Gasteiger partial charge in [-0.1, -0.05) is 19.3 Å². The lowest BCUT2D eigenvalue weighted by Crippen LogP contribution is -2.58. The van der Waals surface area contributed by atoms with Crippen LogP contribution in [0.1, 0.15) is 64.7 Å². The average Bonchev–Trinajstić information content (AvgIpc) is 2.62. The molecular formula is C17H26F6O4S. The highest BCUT2D eigenvalue weighted by molar-refractivity contribution is 7.93. The summed E-state index contributed by atoms with van der Waals surface area (Å²) in [6, 6.07) is 0. The molecule has 11 heteroatoms. The molecule has 0 unspecified atom stereocenters. The third-order valence-electron chi connectivity index (χ3n) is 5.49. The molecule has 0 aromatic carbocycles.